The van der Waals surface area contributed by atoms with Gasteiger partial charge in [-0.2, -0.15) is 0 Å². The summed E-state index contributed by atoms with van der Waals surface area (Å²) >= 11 is 6.33. The number of amides is 6. The van der Waals surface area contributed by atoms with Crippen molar-refractivity contribution < 1.29 is 56.1 Å². The third-order valence-electron chi connectivity index (χ3n) is 10.8. The number of halogens is 4. The number of anilines is 4. The van der Waals surface area contributed by atoms with Gasteiger partial charge in [-0.3, -0.25) is 34.4 Å². The van der Waals surface area contributed by atoms with Crippen molar-refractivity contribution in [3.8, 4) is 0 Å². The lowest BCUT2D eigenvalue weighted by molar-refractivity contribution is -0.136. The van der Waals surface area contributed by atoms with E-state index >= 15 is 0 Å². The van der Waals surface area contributed by atoms with Crippen molar-refractivity contribution in [1.82, 2.24) is 20.4 Å². The Morgan fingerprint density at radius 1 is 0.828 bits per heavy atom. The summed E-state index contributed by atoms with van der Waals surface area (Å²) < 4.78 is 64.1. The fourth-order valence-corrected chi connectivity index (χ4v) is 7.95. The molecule has 6 amide bonds. The quantitative estimate of drug-likeness (QED) is 0.0924. The fraction of sp³-hybridized carbons (Fsp3) is 0.442. The van der Waals surface area contributed by atoms with E-state index in [2.05, 4.69) is 21.3 Å². The number of imide groups is 2. The molecular weight excluding hydrogens is 865 g/mol. The number of ether oxygens (including phenoxy) is 4. The second kappa shape index (κ2) is 21.7. The molecule has 1 unspecified atom stereocenters. The maximum absolute atomic E-state index is 14.3. The predicted octanol–water partition coefficient (Wildman–Crippen LogP) is 4.42. The molecule has 0 radical (unpaired) electrons. The Hall–Kier alpha value is -5.80. The molecule has 3 aromatic rings. The van der Waals surface area contributed by atoms with Crippen LogP contribution in [0, 0.1) is 5.82 Å². The van der Waals surface area contributed by atoms with Gasteiger partial charge >= 0.3 is 6.03 Å². The van der Waals surface area contributed by atoms with Crippen LogP contribution in [0.2, 0.25) is 5.02 Å². The van der Waals surface area contributed by atoms with Gasteiger partial charge < -0.3 is 44.7 Å². The number of hydrogen-bond donors (Lipinski definition) is 4. The monoisotopic (exact) mass is 912 g/mol. The first-order valence-corrected chi connectivity index (χ1v) is 21.3. The number of fused-ring (bicyclic) bond motifs is 3. The highest BCUT2D eigenvalue weighted by Crippen LogP contribution is 2.40. The van der Waals surface area contributed by atoms with Crippen molar-refractivity contribution in [2.45, 2.75) is 37.8 Å². The number of carbonyl (C=O) groups excluding carboxylic acids is 5. The van der Waals surface area contributed by atoms with Gasteiger partial charge in [0.15, 0.2) is 0 Å². The molecule has 17 nitrogen and oxygen atoms in total. The van der Waals surface area contributed by atoms with Gasteiger partial charge in [-0.15, -0.1) is 0 Å². The molecule has 0 bridgehead atoms. The SMILES string of the molecule is O=C1CCC(N2C(=O)c3cccc(NCCOCCOCCOCCOCCNC(=O)N4CC[C@H](N=C5Nc6cc(F)ccc6N(CC(F)F)c6ccc(Cl)cc65)C4)c3C2=O)C(=O)N1. The summed E-state index contributed by atoms with van der Waals surface area (Å²) in [6, 6.07) is 12.0. The van der Waals surface area contributed by atoms with Crippen LogP contribution >= 0.6 is 11.6 Å². The minimum absolute atomic E-state index is 0.0437. The molecule has 4 heterocycles. The number of benzene rings is 3. The largest absolute Gasteiger partial charge is 0.382 e. The molecule has 0 spiro atoms. The number of aliphatic imine (C=N–C) groups is 1. The van der Waals surface area contributed by atoms with Gasteiger partial charge in [-0.05, 0) is 61.4 Å². The van der Waals surface area contributed by atoms with E-state index < -0.39 is 48.5 Å². The molecule has 2 atom stereocenters. The third kappa shape index (κ3) is 11.3. The molecule has 4 aliphatic heterocycles. The van der Waals surface area contributed by atoms with Crippen LogP contribution in [0.5, 0.6) is 0 Å². The van der Waals surface area contributed by atoms with Gasteiger partial charge in [0.25, 0.3) is 18.2 Å². The molecule has 64 heavy (non-hydrogen) atoms. The Morgan fingerprint density at radius 2 is 1.53 bits per heavy atom. The number of likely N-dealkylation sites (tertiary alicyclic amines) is 1. The number of alkyl halides is 2. The summed E-state index contributed by atoms with van der Waals surface area (Å²) in [6.45, 7) is 3.29. The minimum atomic E-state index is -2.67. The van der Waals surface area contributed by atoms with E-state index in [0.29, 0.717) is 106 Å². The number of amidine groups is 1. The maximum Gasteiger partial charge on any atom is 0.317 e. The van der Waals surface area contributed by atoms with Crippen LogP contribution in [0.25, 0.3) is 0 Å². The second-order valence-corrected chi connectivity index (χ2v) is 15.5. The summed E-state index contributed by atoms with van der Waals surface area (Å²) in [5, 5.41) is 11.7. The van der Waals surface area contributed by atoms with Crippen LogP contribution in [0.15, 0.2) is 59.6 Å². The summed E-state index contributed by atoms with van der Waals surface area (Å²) in [7, 11) is 0. The summed E-state index contributed by atoms with van der Waals surface area (Å²) in [5.41, 5.74) is 2.39. The van der Waals surface area contributed by atoms with Gasteiger partial charge in [-0.25, -0.2) is 18.0 Å². The second-order valence-electron chi connectivity index (χ2n) is 15.1. The average molecular weight is 913 g/mol. The van der Waals surface area contributed by atoms with Gasteiger partial charge in [0.2, 0.25) is 11.8 Å². The zero-order chi connectivity index (χ0) is 45.2. The lowest BCUT2D eigenvalue weighted by Crippen LogP contribution is -2.54. The summed E-state index contributed by atoms with van der Waals surface area (Å²) in [6.07, 6.45) is -2.00. The minimum Gasteiger partial charge on any atom is -0.382 e. The van der Waals surface area contributed by atoms with E-state index in [1.807, 2.05) is 0 Å². The molecule has 4 N–H and O–H groups in total. The molecule has 2 fully saturated rings. The highest BCUT2D eigenvalue weighted by Gasteiger charge is 2.45. The van der Waals surface area contributed by atoms with E-state index in [-0.39, 0.29) is 54.9 Å². The van der Waals surface area contributed by atoms with Crippen molar-refractivity contribution in [3.63, 3.8) is 0 Å². The van der Waals surface area contributed by atoms with Crippen LogP contribution in [0.1, 0.15) is 45.5 Å². The Bertz CT molecular complexity index is 2250. The predicted molar refractivity (Wildman–Crippen MR) is 229 cm³/mol. The first-order chi connectivity index (χ1) is 31.0. The standard InChI is InChI=1S/C43H48ClF3N8O9/c44-26-4-6-33-30(22-26)39(51-32-23-27(45)5-7-34(32)54(33)25-36(46)47)50-28-10-13-53(24-28)43(60)49-12-15-62-17-19-64-21-20-63-18-16-61-14-11-48-31-3-1-2-29-38(31)42(59)55(41(29)58)35-8-9-37(56)52-40(35)57/h1-7,22-23,28,35-36,48H,8-21,24-25H2,(H,49,60)(H,50,51)(H,52,56,57)/t28-,35?/m0/s1. The Balaban J connectivity index is 0.730. The van der Waals surface area contributed by atoms with Gasteiger partial charge in [0.05, 0.1) is 93.6 Å². The number of rotatable bonds is 20. The Morgan fingerprint density at radius 3 is 2.25 bits per heavy atom. The van der Waals surface area contributed by atoms with Crippen molar-refractivity contribution in [2.24, 2.45) is 4.99 Å². The zero-order valence-electron chi connectivity index (χ0n) is 34.7. The molecule has 3 aromatic carbocycles. The number of nitrogens with zero attached hydrogens (tertiary/aromatic N) is 4. The topological polar surface area (TPSA) is 192 Å². The van der Waals surface area contributed by atoms with E-state index in [0.717, 1.165) is 4.90 Å². The van der Waals surface area contributed by atoms with Crippen molar-refractivity contribution in [3.05, 3.63) is 82.1 Å². The van der Waals surface area contributed by atoms with Crippen molar-refractivity contribution in [1.29, 1.82) is 0 Å². The molecule has 0 saturated carbocycles. The Labute approximate surface area is 371 Å². The summed E-state index contributed by atoms with van der Waals surface area (Å²) in [4.78, 5) is 71.9. The van der Waals surface area contributed by atoms with Crippen LogP contribution in [0.4, 0.5) is 40.7 Å². The van der Waals surface area contributed by atoms with Crippen LogP contribution in [0.3, 0.4) is 0 Å². The van der Waals surface area contributed by atoms with Gasteiger partial charge in [-0.1, -0.05) is 17.7 Å². The smallest absolute Gasteiger partial charge is 0.317 e. The number of carbonyl (C=O) groups is 5. The zero-order valence-corrected chi connectivity index (χ0v) is 35.5. The lowest BCUT2D eigenvalue weighted by Gasteiger charge is -2.27. The van der Waals surface area contributed by atoms with E-state index in [4.69, 9.17) is 35.5 Å². The van der Waals surface area contributed by atoms with Gasteiger partial charge in [0.1, 0.15) is 17.7 Å². The highest BCUT2D eigenvalue weighted by molar-refractivity contribution is 6.31. The van der Waals surface area contributed by atoms with Crippen molar-refractivity contribution in [2.75, 3.05) is 101 Å². The molecule has 0 aliphatic carbocycles. The molecular formula is C43H48ClF3N8O9. The first kappa shape index (κ1) is 46.2. The third-order valence-corrected chi connectivity index (χ3v) is 11.0. The molecule has 342 valence electrons. The highest BCUT2D eigenvalue weighted by atomic mass is 35.5. The van der Waals surface area contributed by atoms with E-state index in [1.54, 1.807) is 35.2 Å². The maximum atomic E-state index is 14.3. The van der Waals surface area contributed by atoms with Crippen LogP contribution < -0.4 is 26.2 Å². The van der Waals surface area contributed by atoms with E-state index in [9.17, 15) is 37.1 Å². The molecule has 2 saturated heterocycles. The average Bonchev–Trinajstić information content (AvgIpc) is 3.81. The molecule has 0 aromatic heterocycles. The fourth-order valence-electron chi connectivity index (χ4n) is 7.78. The first-order valence-electron chi connectivity index (χ1n) is 20.9. The summed E-state index contributed by atoms with van der Waals surface area (Å²) in [5.74, 6) is -2.46. The number of urea groups is 1. The van der Waals surface area contributed by atoms with Crippen molar-refractivity contribution >= 4 is 69.8 Å². The van der Waals surface area contributed by atoms with Gasteiger partial charge in [0, 0.05) is 48.9 Å². The normalized spacial score (nSPS) is 18.8. The molecule has 7 rings (SSSR count). The number of piperidine rings is 1. The molecule has 21 heteroatoms. The number of nitrogens with one attached hydrogen (secondary N) is 4. The molecule has 4 aliphatic rings. The van der Waals surface area contributed by atoms with E-state index in [1.165, 1.54) is 29.2 Å². The lowest BCUT2D eigenvalue weighted by atomic mass is 10.0. The van der Waals surface area contributed by atoms with Crippen LogP contribution in [-0.4, -0.2) is 149 Å². The Kier molecular flexibility index (Phi) is 15.7. The number of hydrogen-bond acceptors (Lipinski definition) is 12. The van der Waals surface area contributed by atoms with Crippen LogP contribution in [-0.2, 0) is 28.5 Å².